The van der Waals surface area contributed by atoms with Crippen LogP contribution in [0.1, 0.15) is 47.6 Å². The minimum Gasteiger partial charge on any atom is -0.463 e. The van der Waals surface area contributed by atoms with Gasteiger partial charge in [0, 0.05) is 10.9 Å². The van der Waals surface area contributed by atoms with Crippen molar-refractivity contribution in [1.29, 1.82) is 0 Å². The number of nitrogens with zero attached hydrogens (tertiary/aromatic N) is 3. The van der Waals surface area contributed by atoms with Crippen LogP contribution in [-0.4, -0.2) is 34.1 Å². The molecule has 33 heavy (non-hydrogen) atoms. The first kappa shape index (κ1) is 21.3. The zero-order valence-electron chi connectivity index (χ0n) is 18.7. The molecule has 4 aromatic rings. The lowest BCUT2D eigenvalue weighted by Crippen LogP contribution is -2.24. The fraction of sp³-hybridized carbons (Fsp3) is 0.296. The molecule has 1 aliphatic rings. The van der Waals surface area contributed by atoms with Crippen molar-refractivity contribution in [2.24, 2.45) is 0 Å². The van der Waals surface area contributed by atoms with E-state index in [4.69, 9.17) is 4.42 Å². The van der Waals surface area contributed by atoms with Gasteiger partial charge in [-0.25, -0.2) is 0 Å². The molecule has 0 spiro atoms. The van der Waals surface area contributed by atoms with Crippen molar-refractivity contribution in [2.45, 2.75) is 38.8 Å². The standard InChI is InChI=1S/C27H28N4O2/c32-27(28-18-21-14-15-22(33-21)19-31-16-8-1-2-9-17-31)25-23-12-6-7-13-24(23)29-30-26(25)20-10-4-3-5-11-20/h3-7,10-15H,1-2,8-9,16-19H2,(H,28,32). The van der Waals surface area contributed by atoms with Gasteiger partial charge in [-0.15, -0.1) is 10.2 Å². The van der Waals surface area contributed by atoms with E-state index in [2.05, 4.69) is 20.4 Å². The summed E-state index contributed by atoms with van der Waals surface area (Å²) in [5.41, 5.74) is 2.66. The summed E-state index contributed by atoms with van der Waals surface area (Å²) < 4.78 is 6.03. The van der Waals surface area contributed by atoms with E-state index < -0.39 is 0 Å². The number of carbonyl (C=O) groups is 1. The summed E-state index contributed by atoms with van der Waals surface area (Å²) in [5, 5.41) is 12.5. The molecule has 1 N–H and O–H groups in total. The van der Waals surface area contributed by atoms with Gasteiger partial charge in [0.2, 0.25) is 0 Å². The topological polar surface area (TPSA) is 71.3 Å². The Bertz CT molecular complexity index is 1230. The zero-order chi connectivity index (χ0) is 22.5. The number of fused-ring (bicyclic) bond motifs is 1. The van der Waals surface area contributed by atoms with Crippen LogP contribution in [0.2, 0.25) is 0 Å². The normalized spacial score (nSPS) is 14.8. The lowest BCUT2D eigenvalue weighted by atomic mass is 10.0. The van der Waals surface area contributed by atoms with Crippen LogP contribution in [0.4, 0.5) is 0 Å². The highest BCUT2D eigenvalue weighted by Crippen LogP contribution is 2.27. The Morgan fingerprint density at radius 3 is 2.39 bits per heavy atom. The van der Waals surface area contributed by atoms with Crippen LogP contribution in [0.25, 0.3) is 22.2 Å². The fourth-order valence-corrected chi connectivity index (χ4v) is 4.45. The van der Waals surface area contributed by atoms with E-state index in [1.54, 1.807) is 0 Å². The smallest absolute Gasteiger partial charge is 0.254 e. The van der Waals surface area contributed by atoms with Crippen molar-refractivity contribution < 1.29 is 9.21 Å². The molecule has 6 nitrogen and oxygen atoms in total. The summed E-state index contributed by atoms with van der Waals surface area (Å²) in [6.45, 7) is 3.39. The molecule has 0 saturated carbocycles. The molecule has 168 valence electrons. The maximum absolute atomic E-state index is 13.4. The number of rotatable bonds is 6. The van der Waals surface area contributed by atoms with Crippen LogP contribution in [0.3, 0.4) is 0 Å². The van der Waals surface area contributed by atoms with Crippen LogP contribution >= 0.6 is 0 Å². The molecular weight excluding hydrogens is 412 g/mol. The quantitative estimate of drug-likeness (QED) is 0.446. The average Bonchev–Trinajstić information content (AvgIpc) is 3.15. The molecule has 0 bridgehead atoms. The predicted molar refractivity (Wildman–Crippen MR) is 129 cm³/mol. The third-order valence-corrected chi connectivity index (χ3v) is 6.16. The summed E-state index contributed by atoms with van der Waals surface area (Å²) in [5.74, 6) is 1.51. The number of hydrogen-bond acceptors (Lipinski definition) is 5. The highest BCUT2D eigenvalue weighted by molar-refractivity contribution is 6.10. The second kappa shape index (κ2) is 9.96. The maximum Gasteiger partial charge on any atom is 0.254 e. The molecule has 0 atom stereocenters. The van der Waals surface area contributed by atoms with E-state index in [1.165, 1.54) is 25.7 Å². The average molecular weight is 441 g/mol. The monoisotopic (exact) mass is 440 g/mol. The summed E-state index contributed by atoms with van der Waals surface area (Å²) >= 11 is 0. The number of benzene rings is 2. The molecular formula is C27H28N4O2. The fourth-order valence-electron chi connectivity index (χ4n) is 4.45. The third-order valence-electron chi connectivity index (χ3n) is 6.16. The molecule has 3 heterocycles. The highest BCUT2D eigenvalue weighted by Gasteiger charge is 2.19. The predicted octanol–water partition coefficient (Wildman–Crippen LogP) is 5.20. The number of amides is 1. The van der Waals surface area contributed by atoms with Crippen molar-refractivity contribution in [1.82, 2.24) is 20.4 Å². The molecule has 1 amide bonds. The minimum absolute atomic E-state index is 0.189. The number of carbonyl (C=O) groups excluding carboxylic acids is 1. The molecule has 2 aromatic carbocycles. The Balaban J connectivity index is 1.34. The molecule has 1 saturated heterocycles. The van der Waals surface area contributed by atoms with E-state index in [-0.39, 0.29) is 5.91 Å². The van der Waals surface area contributed by atoms with Crippen molar-refractivity contribution >= 4 is 16.8 Å². The van der Waals surface area contributed by atoms with Gasteiger partial charge in [0.05, 0.1) is 24.2 Å². The molecule has 2 aromatic heterocycles. The third kappa shape index (κ3) is 4.96. The first-order chi connectivity index (χ1) is 16.3. The van der Waals surface area contributed by atoms with E-state index in [0.717, 1.165) is 42.1 Å². The van der Waals surface area contributed by atoms with Crippen LogP contribution in [-0.2, 0) is 13.1 Å². The number of likely N-dealkylation sites (tertiary alicyclic amines) is 1. The highest BCUT2D eigenvalue weighted by atomic mass is 16.3. The molecule has 1 fully saturated rings. The number of furan rings is 1. The lowest BCUT2D eigenvalue weighted by Gasteiger charge is -2.17. The largest absolute Gasteiger partial charge is 0.463 e. The first-order valence-electron chi connectivity index (χ1n) is 11.7. The molecule has 1 aliphatic heterocycles. The number of aromatic nitrogens is 2. The van der Waals surface area contributed by atoms with E-state index in [1.807, 2.05) is 66.7 Å². The van der Waals surface area contributed by atoms with Crippen molar-refractivity contribution in [3.05, 3.63) is 83.8 Å². The second-order valence-corrected chi connectivity index (χ2v) is 8.55. The minimum atomic E-state index is -0.189. The van der Waals surface area contributed by atoms with Gasteiger partial charge < -0.3 is 9.73 Å². The summed E-state index contributed by atoms with van der Waals surface area (Å²) in [6.07, 6.45) is 5.13. The van der Waals surface area contributed by atoms with Gasteiger partial charge in [-0.3, -0.25) is 9.69 Å². The van der Waals surface area contributed by atoms with Crippen molar-refractivity contribution in [3.63, 3.8) is 0 Å². The Kier molecular flexibility index (Phi) is 6.44. The SMILES string of the molecule is O=C(NCc1ccc(CN2CCCCCC2)o1)c1c(-c2ccccc2)nnc2ccccc12. The van der Waals surface area contributed by atoms with E-state index in [9.17, 15) is 4.79 Å². The maximum atomic E-state index is 13.4. The van der Waals surface area contributed by atoms with Gasteiger partial charge in [0.1, 0.15) is 17.2 Å². The molecule has 5 rings (SSSR count). The molecule has 0 aliphatic carbocycles. The number of hydrogen-bond donors (Lipinski definition) is 1. The lowest BCUT2D eigenvalue weighted by molar-refractivity contribution is 0.0949. The Labute approximate surface area is 193 Å². The zero-order valence-corrected chi connectivity index (χ0v) is 18.7. The van der Waals surface area contributed by atoms with Gasteiger partial charge in [-0.05, 0) is 44.1 Å². The van der Waals surface area contributed by atoms with Crippen molar-refractivity contribution in [3.8, 4) is 11.3 Å². The van der Waals surface area contributed by atoms with Crippen molar-refractivity contribution in [2.75, 3.05) is 13.1 Å². The van der Waals surface area contributed by atoms with Gasteiger partial charge in [0.25, 0.3) is 5.91 Å². The second-order valence-electron chi connectivity index (χ2n) is 8.55. The molecule has 0 radical (unpaired) electrons. The van der Waals surface area contributed by atoms with Crippen LogP contribution in [0.15, 0.2) is 71.1 Å². The Morgan fingerprint density at radius 1 is 0.848 bits per heavy atom. The van der Waals surface area contributed by atoms with Gasteiger partial charge in [-0.1, -0.05) is 61.4 Å². The Morgan fingerprint density at radius 2 is 1.58 bits per heavy atom. The first-order valence-corrected chi connectivity index (χ1v) is 11.7. The van der Waals surface area contributed by atoms with Crippen LogP contribution in [0, 0.1) is 0 Å². The van der Waals surface area contributed by atoms with E-state index >= 15 is 0 Å². The van der Waals surface area contributed by atoms with Gasteiger partial charge >= 0.3 is 0 Å². The van der Waals surface area contributed by atoms with Gasteiger partial charge in [-0.2, -0.15) is 0 Å². The summed E-state index contributed by atoms with van der Waals surface area (Å²) in [4.78, 5) is 15.8. The van der Waals surface area contributed by atoms with Crippen LogP contribution < -0.4 is 5.32 Å². The summed E-state index contributed by atoms with van der Waals surface area (Å²) in [6, 6.07) is 21.3. The van der Waals surface area contributed by atoms with Gasteiger partial charge in [0.15, 0.2) is 0 Å². The molecule has 0 unspecified atom stereocenters. The molecule has 6 heteroatoms. The van der Waals surface area contributed by atoms with Crippen LogP contribution in [0.5, 0.6) is 0 Å². The Hall–Kier alpha value is -3.51. The number of nitrogens with one attached hydrogen (secondary N) is 1. The van der Waals surface area contributed by atoms with E-state index in [0.29, 0.717) is 23.3 Å². The summed E-state index contributed by atoms with van der Waals surface area (Å²) in [7, 11) is 0.